The largest absolute Gasteiger partial charge is 0.508 e. The standard InChI is InChI=1S/C17H21NO3/c1-12(2)7-8-18-17(20)11-21-16-6-4-13-3-5-15(19)9-14(13)10-16/h3-6,9-10,12,19H,7-8,11H2,1-2H3,(H,18,20). The van der Waals surface area contributed by atoms with E-state index in [2.05, 4.69) is 19.2 Å². The third-order valence-corrected chi connectivity index (χ3v) is 3.21. The molecule has 0 aliphatic heterocycles. The van der Waals surface area contributed by atoms with Gasteiger partial charge in [0.2, 0.25) is 0 Å². The van der Waals surface area contributed by atoms with Gasteiger partial charge in [-0.25, -0.2) is 0 Å². The van der Waals surface area contributed by atoms with E-state index in [1.54, 1.807) is 12.1 Å². The number of phenols is 1. The van der Waals surface area contributed by atoms with Crippen molar-refractivity contribution in [3.05, 3.63) is 36.4 Å². The lowest BCUT2D eigenvalue weighted by atomic mass is 10.1. The Hall–Kier alpha value is -2.23. The van der Waals surface area contributed by atoms with Crippen molar-refractivity contribution < 1.29 is 14.6 Å². The minimum absolute atomic E-state index is 0.00240. The van der Waals surface area contributed by atoms with E-state index in [4.69, 9.17) is 4.74 Å². The molecule has 0 aliphatic rings. The molecular formula is C17H21NO3. The van der Waals surface area contributed by atoms with Crippen LogP contribution in [-0.2, 0) is 4.79 Å². The number of carbonyl (C=O) groups is 1. The van der Waals surface area contributed by atoms with E-state index in [-0.39, 0.29) is 18.3 Å². The van der Waals surface area contributed by atoms with Crippen LogP contribution in [0.3, 0.4) is 0 Å². The predicted molar refractivity (Wildman–Crippen MR) is 83.6 cm³/mol. The zero-order valence-corrected chi connectivity index (χ0v) is 12.4. The molecule has 0 fully saturated rings. The van der Waals surface area contributed by atoms with Crippen molar-refractivity contribution >= 4 is 16.7 Å². The second-order valence-corrected chi connectivity index (χ2v) is 5.51. The van der Waals surface area contributed by atoms with Gasteiger partial charge in [0.1, 0.15) is 11.5 Å². The molecule has 2 aromatic rings. The number of hydrogen-bond acceptors (Lipinski definition) is 3. The Morgan fingerprint density at radius 2 is 1.95 bits per heavy atom. The number of fused-ring (bicyclic) bond motifs is 1. The van der Waals surface area contributed by atoms with Crippen LogP contribution in [0.4, 0.5) is 0 Å². The second-order valence-electron chi connectivity index (χ2n) is 5.51. The number of amides is 1. The number of carbonyl (C=O) groups excluding carboxylic acids is 1. The Labute approximate surface area is 124 Å². The molecule has 0 bridgehead atoms. The zero-order chi connectivity index (χ0) is 15.2. The molecule has 2 rings (SSSR count). The summed E-state index contributed by atoms with van der Waals surface area (Å²) < 4.78 is 5.48. The van der Waals surface area contributed by atoms with Gasteiger partial charge >= 0.3 is 0 Å². The summed E-state index contributed by atoms with van der Waals surface area (Å²) in [5.41, 5.74) is 0. The molecule has 0 aromatic heterocycles. The van der Waals surface area contributed by atoms with Crippen LogP contribution in [0.1, 0.15) is 20.3 Å². The van der Waals surface area contributed by atoms with E-state index in [1.807, 2.05) is 24.3 Å². The molecule has 0 unspecified atom stereocenters. The molecular weight excluding hydrogens is 266 g/mol. The summed E-state index contributed by atoms with van der Waals surface area (Å²) in [4.78, 5) is 11.6. The van der Waals surface area contributed by atoms with Gasteiger partial charge in [0, 0.05) is 6.54 Å². The number of hydrogen-bond donors (Lipinski definition) is 2. The maximum Gasteiger partial charge on any atom is 0.257 e. The molecule has 0 atom stereocenters. The van der Waals surface area contributed by atoms with Gasteiger partial charge in [0.25, 0.3) is 5.91 Å². The first-order chi connectivity index (χ1) is 10.0. The number of ether oxygens (including phenoxy) is 1. The van der Waals surface area contributed by atoms with Gasteiger partial charge in [0.05, 0.1) is 0 Å². The number of rotatable bonds is 6. The van der Waals surface area contributed by atoms with Gasteiger partial charge in [0.15, 0.2) is 6.61 Å². The van der Waals surface area contributed by atoms with Gasteiger partial charge in [-0.15, -0.1) is 0 Å². The maximum atomic E-state index is 11.6. The van der Waals surface area contributed by atoms with Crippen LogP contribution in [0.25, 0.3) is 10.8 Å². The van der Waals surface area contributed by atoms with Crippen molar-refractivity contribution in [2.24, 2.45) is 5.92 Å². The Morgan fingerprint density at radius 1 is 1.19 bits per heavy atom. The van der Waals surface area contributed by atoms with Crippen molar-refractivity contribution in [2.45, 2.75) is 20.3 Å². The van der Waals surface area contributed by atoms with Crippen LogP contribution < -0.4 is 10.1 Å². The zero-order valence-electron chi connectivity index (χ0n) is 12.4. The topological polar surface area (TPSA) is 58.6 Å². The number of benzene rings is 2. The SMILES string of the molecule is CC(C)CCNC(=O)COc1ccc2ccc(O)cc2c1. The second kappa shape index (κ2) is 6.97. The minimum Gasteiger partial charge on any atom is -0.508 e. The smallest absolute Gasteiger partial charge is 0.257 e. The summed E-state index contributed by atoms with van der Waals surface area (Å²) in [6, 6.07) is 10.7. The average Bonchev–Trinajstić information content (AvgIpc) is 2.44. The maximum absolute atomic E-state index is 11.6. The molecule has 21 heavy (non-hydrogen) atoms. The van der Waals surface area contributed by atoms with Crippen LogP contribution in [0, 0.1) is 5.92 Å². The highest BCUT2D eigenvalue weighted by Gasteiger charge is 2.04. The number of aromatic hydroxyl groups is 1. The van der Waals surface area contributed by atoms with Crippen LogP contribution in [0.15, 0.2) is 36.4 Å². The Morgan fingerprint density at radius 3 is 2.71 bits per heavy atom. The van der Waals surface area contributed by atoms with E-state index in [1.165, 1.54) is 0 Å². The summed E-state index contributed by atoms with van der Waals surface area (Å²) in [5, 5.41) is 14.2. The molecule has 112 valence electrons. The minimum atomic E-state index is -0.119. The Balaban J connectivity index is 1.89. The third kappa shape index (κ3) is 4.67. The molecule has 0 saturated heterocycles. The van der Waals surface area contributed by atoms with Crippen molar-refractivity contribution in [3.63, 3.8) is 0 Å². The highest BCUT2D eigenvalue weighted by Crippen LogP contribution is 2.24. The molecule has 2 aromatic carbocycles. The molecule has 0 aliphatic carbocycles. The normalized spacial score (nSPS) is 10.8. The first kappa shape index (κ1) is 15.2. The summed E-state index contributed by atoms with van der Waals surface area (Å²) in [6.07, 6.45) is 0.959. The van der Waals surface area contributed by atoms with E-state index >= 15 is 0 Å². The molecule has 0 heterocycles. The Bertz CT molecular complexity index is 622. The summed E-state index contributed by atoms with van der Waals surface area (Å²) in [6.45, 7) is 4.91. The fourth-order valence-corrected chi connectivity index (χ4v) is 2.00. The van der Waals surface area contributed by atoms with Crippen molar-refractivity contribution in [2.75, 3.05) is 13.2 Å². The summed E-state index contributed by atoms with van der Waals surface area (Å²) in [5.74, 6) is 1.28. The highest BCUT2D eigenvalue weighted by atomic mass is 16.5. The lowest BCUT2D eigenvalue weighted by molar-refractivity contribution is -0.123. The first-order valence-electron chi connectivity index (χ1n) is 7.17. The molecule has 0 saturated carbocycles. The van der Waals surface area contributed by atoms with Crippen LogP contribution >= 0.6 is 0 Å². The molecule has 0 spiro atoms. The average molecular weight is 287 g/mol. The number of nitrogens with one attached hydrogen (secondary N) is 1. The van der Waals surface area contributed by atoms with Gasteiger partial charge in [-0.2, -0.15) is 0 Å². The monoisotopic (exact) mass is 287 g/mol. The lowest BCUT2D eigenvalue weighted by Gasteiger charge is -2.09. The van der Waals surface area contributed by atoms with Crippen molar-refractivity contribution in [1.82, 2.24) is 5.32 Å². The van der Waals surface area contributed by atoms with E-state index in [0.29, 0.717) is 18.2 Å². The predicted octanol–water partition coefficient (Wildman–Crippen LogP) is 3.09. The number of phenolic OH excluding ortho intramolecular Hbond substituents is 1. The molecule has 2 N–H and O–H groups in total. The van der Waals surface area contributed by atoms with Gasteiger partial charge in [-0.3, -0.25) is 4.79 Å². The molecule has 4 heteroatoms. The van der Waals surface area contributed by atoms with E-state index < -0.39 is 0 Å². The molecule has 1 amide bonds. The molecule has 0 radical (unpaired) electrons. The fourth-order valence-electron chi connectivity index (χ4n) is 2.00. The fraction of sp³-hybridized carbons (Fsp3) is 0.353. The quantitative estimate of drug-likeness (QED) is 0.858. The van der Waals surface area contributed by atoms with Crippen molar-refractivity contribution in [1.29, 1.82) is 0 Å². The first-order valence-corrected chi connectivity index (χ1v) is 7.17. The van der Waals surface area contributed by atoms with Crippen LogP contribution in [0.2, 0.25) is 0 Å². The van der Waals surface area contributed by atoms with Gasteiger partial charge < -0.3 is 15.2 Å². The van der Waals surface area contributed by atoms with Gasteiger partial charge in [-0.1, -0.05) is 26.0 Å². The third-order valence-electron chi connectivity index (χ3n) is 3.21. The Kier molecular flexibility index (Phi) is 5.04. The molecule has 4 nitrogen and oxygen atoms in total. The lowest BCUT2D eigenvalue weighted by Crippen LogP contribution is -2.30. The highest BCUT2D eigenvalue weighted by molar-refractivity contribution is 5.85. The van der Waals surface area contributed by atoms with Crippen LogP contribution in [-0.4, -0.2) is 24.2 Å². The van der Waals surface area contributed by atoms with Gasteiger partial charge in [-0.05, 0) is 47.4 Å². The van der Waals surface area contributed by atoms with Crippen molar-refractivity contribution in [3.8, 4) is 11.5 Å². The van der Waals surface area contributed by atoms with Crippen LogP contribution in [0.5, 0.6) is 11.5 Å². The summed E-state index contributed by atoms with van der Waals surface area (Å²) >= 11 is 0. The van der Waals surface area contributed by atoms with E-state index in [0.717, 1.165) is 17.2 Å². The summed E-state index contributed by atoms with van der Waals surface area (Å²) in [7, 11) is 0. The van der Waals surface area contributed by atoms with E-state index in [9.17, 15) is 9.90 Å².